The first-order valence-electron chi connectivity index (χ1n) is 8.47. The molecule has 0 aliphatic heterocycles. The van der Waals surface area contributed by atoms with Crippen LogP contribution in [0.2, 0.25) is 0 Å². The van der Waals surface area contributed by atoms with E-state index < -0.39 is 23.1 Å². The van der Waals surface area contributed by atoms with Crippen LogP contribution in [0.1, 0.15) is 30.8 Å². The molecule has 0 aliphatic rings. The van der Waals surface area contributed by atoms with E-state index in [1.54, 1.807) is 13.8 Å². The number of aromatic nitrogens is 2. The highest BCUT2D eigenvalue weighted by atomic mass is 32.1. The smallest absolute Gasteiger partial charge is 0.277 e. The van der Waals surface area contributed by atoms with Crippen molar-refractivity contribution in [2.75, 3.05) is 17.7 Å². The average Bonchev–Trinajstić information content (AvgIpc) is 3.20. The number of nitrogen functional groups attached to an aromatic ring is 1. The number of rotatable bonds is 7. The Hall–Kier alpha value is -2.63. The lowest BCUT2D eigenvalue weighted by atomic mass is 10.1. The largest absolute Gasteiger partial charge is 0.481 e. The molecule has 0 unspecified atom stereocenters. The molecule has 0 saturated heterocycles. The Morgan fingerprint density at radius 1 is 1.34 bits per heavy atom. The van der Waals surface area contributed by atoms with Gasteiger partial charge in [-0.15, -0.1) is 0 Å². The number of hydrogen-bond donors (Lipinski definition) is 3. The zero-order valence-corrected chi connectivity index (χ0v) is 17.2. The maximum atomic E-state index is 14.0. The van der Waals surface area contributed by atoms with Crippen molar-refractivity contribution in [3.8, 4) is 15.6 Å². The summed E-state index contributed by atoms with van der Waals surface area (Å²) in [6.45, 7) is 3.55. The molecule has 29 heavy (non-hydrogen) atoms. The zero-order chi connectivity index (χ0) is 21.2. The van der Waals surface area contributed by atoms with Crippen molar-refractivity contribution in [1.29, 1.82) is 0 Å². The van der Waals surface area contributed by atoms with E-state index in [1.165, 1.54) is 12.3 Å². The minimum Gasteiger partial charge on any atom is -0.481 e. The predicted octanol–water partition coefficient (Wildman–Crippen LogP) is 3.92. The molecule has 4 N–H and O–H groups in total. The summed E-state index contributed by atoms with van der Waals surface area (Å²) in [6, 6.07) is 3.44. The quantitative estimate of drug-likeness (QED) is 0.514. The van der Waals surface area contributed by atoms with E-state index in [0.717, 1.165) is 35.0 Å². The summed E-state index contributed by atoms with van der Waals surface area (Å²) in [7, 11) is 0. The zero-order valence-electron chi connectivity index (χ0n) is 15.5. The third-order valence-corrected chi connectivity index (χ3v) is 5.39. The van der Waals surface area contributed by atoms with Crippen LogP contribution in [0.5, 0.6) is 5.06 Å². The third-order valence-electron chi connectivity index (χ3n) is 3.78. The van der Waals surface area contributed by atoms with Gasteiger partial charge in [-0.1, -0.05) is 17.4 Å². The monoisotopic (exact) mass is 440 g/mol. The SMILES string of the molecule is CC(C)(O)CCOc1sncc1NC(=O)c1nc(-c2c(F)cccc2F)sc1N. The van der Waals surface area contributed by atoms with Crippen molar-refractivity contribution < 1.29 is 23.4 Å². The van der Waals surface area contributed by atoms with E-state index in [2.05, 4.69) is 14.7 Å². The Balaban J connectivity index is 1.76. The predicted molar refractivity (Wildman–Crippen MR) is 108 cm³/mol. The second-order valence-corrected chi connectivity index (χ2v) is 8.52. The van der Waals surface area contributed by atoms with Gasteiger partial charge in [-0.3, -0.25) is 4.79 Å². The summed E-state index contributed by atoms with van der Waals surface area (Å²) in [4.78, 5) is 16.6. The number of ether oxygens (including phenoxy) is 1. The number of aliphatic hydroxyl groups is 1. The lowest BCUT2D eigenvalue weighted by Gasteiger charge is -2.16. The molecule has 0 spiro atoms. The van der Waals surface area contributed by atoms with Gasteiger partial charge < -0.3 is 20.9 Å². The molecule has 0 radical (unpaired) electrons. The molecule has 0 aliphatic carbocycles. The van der Waals surface area contributed by atoms with Crippen LogP contribution in [-0.2, 0) is 0 Å². The highest BCUT2D eigenvalue weighted by molar-refractivity contribution is 7.19. The van der Waals surface area contributed by atoms with Gasteiger partial charge in [0.2, 0.25) is 5.06 Å². The highest BCUT2D eigenvalue weighted by Crippen LogP contribution is 2.35. The van der Waals surface area contributed by atoms with Crippen molar-refractivity contribution in [1.82, 2.24) is 9.36 Å². The van der Waals surface area contributed by atoms with Crippen molar-refractivity contribution in [3.05, 3.63) is 41.7 Å². The molecule has 3 rings (SSSR count). The first-order valence-corrected chi connectivity index (χ1v) is 10.1. The standard InChI is InChI=1S/C18H18F2N4O3S2/c1-18(2,26)6-7-27-17-11(8-22-29-17)23-15(25)13-14(21)28-16(24-13)12-9(19)4-3-5-10(12)20/h3-5,8,26H,6-7,21H2,1-2H3,(H,23,25). The first-order chi connectivity index (χ1) is 13.7. The molecular weight excluding hydrogens is 422 g/mol. The van der Waals surface area contributed by atoms with Gasteiger partial charge in [0.25, 0.3) is 5.91 Å². The Bertz CT molecular complexity index is 1010. The Labute approximate surface area is 173 Å². The second-order valence-electron chi connectivity index (χ2n) is 6.72. The molecular formula is C18H18F2N4O3S2. The molecule has 1 amide bonds. The molecule has 7 nitrogen and oxygen atoms in total. The normalized spacial score (nSPS) is 11.5. The molecule has 0 bridgehead atoms. The van der Waals surface area contributed by atoms with Gasteiger partial charge in [-0.2, -0.15) is 4.37 Å². The number of halogens is 2. The fraction of sp³-hybridized carbons (Fsp3) is 0.278. The van der Waals surface area contributed by atoms with Crippen LogP contribution >= 0.6 is 22.9 Å². The number of nitrogens with zero attached hydrogens (tertiary/aromatic N) is 2. The van der Waals surface area contributed by atoms with Gasteiger partial charge in [-0.05, 0) is 26.0 Å². The summed E-state index contributed by atoms with van der Waals surface area (Å²) in [5.41, 5.74) is 4.78. The van der Waals surface area contributed by atoms with Gasteiger partial charge in [0.05, 0.1) is 24.0 Å². The van der Waals surface area contributed by atoms with E-state index in [1.807, 2.05) is 0 Å². The summed E-state index contributed by atoms with van der Waals surface area (Å²) in [5, 5.41) is 12.7. The molecule has 11 heteroatoms. The van der Waals surface area contributed by atoms with Crippen LogP contribution in [-0.4, -0.2) is 32.6 Å². The van der Waals surface area contributed by atoms with E-state index in [-0.39, 0.29) is 27.9 Å². The number of hydrogen-bond acceptors (Lipinski definition) is 8. The molecule has 2 heterocycles. The average molecular weight is 440 g/mol. The second kappa shape index (κ2) is 8.39. The van der Waals surface area contributed by atoms with Crippen molar-refractivity contribution in [2.24, 2.45) is 0 Å². The number of nitrogens with one attached hydrogen (secondary N) is 1. The minimum absolute atomic E-state index is 0.0211. The van der Waals surface area contributed by atoms with Crippen molar-refractivity contribution in [3.63, 3.8) is 0 Å². The van der Waals surface area contributed by atoms with E-state index in [9.17, 15) is 18.7 Å². The molecule has 2 aromatic heterocycles. The highest BCUT2D eigenvalue weighted by Gasteiger charge is 2.23. The van der Waals surface area contributed by atoms with Gasteiger partial charge in [-0.25, -0.2) is 13.8 Å². The maximum absolute atomic E-state index is 14.0. The Kier molecular flexibility index (Phi) is 6.10. The van der Waals surface area contributed by atoms with Gasteiger partial charge in [0.1, 0.15) is 27.3 Å². The first kappa shape index (κ1) is 21.1. The van der Waals surface area contributed by atoms with Gasteiger partial charge in [0, 0.05) is 18.0 Å². The molecule has 3 aromatic rings. The number of carbonyl (C=O) groups is 1. The minimum atomic E-state index is -0.887. The lowest BCUT2D eigenvalue weighted by molar-refractivity contribution is 0.0559. The molecule has 1 aromatic carbocycles. The third kappa shape index (κ3) is 5.05. The van der Waals surface area contributed by atoms with E-state index >= 15 is 0 Å². The maximum Gasteiger partial charge on any atom is 0.277 e. The molecule has 0 atom stereocenters. The summed E-state index contributed by atoms with van der Waals surface area (Å²) in [6.07, 6.45) is 1.79. The van der Waals surface area contributed by atoms with Gasteiger partial charge >= 0.3 is 0 Å². The fourth-order valence-electron chi connectivity index (χ4n) is 2.29. The number of carbonyl (C=O) groups excluding carboxylic acids is 1. The van der Waals surface area contributed by atoms with Crippen molar-refractivity contribution >= 4 is 39.5 Å². The topological polar surface area (TPSA) is 110 Å². The van der Waals surface area contributed by atoms with Crippen molar-refractivity contribution in [2.45, 2.75) is 25.9 Å². The number of thiazole rings is 1. The number of anilines is 2. The molecule has 0 fully saturated rings. The Morgan fingerprint density at radius 2 is 2.03 bits per heavy atom. The van der Waals surface area contributed by atoms with Crippen LogP contribution in [0.4, 0.5) is 19.5 Å². The number of amides is 1. The van der Waals surface area contributed by atoms with Crippen LogP contribution in [0.25, 0.3) is 10.6 Å². The molecule has 0 saturated carbocycles. The summed E-state index contributed by atoms with van der Waals surface area (Å²) >= 11 is 1.84. The van der Waals surface area contributed by atoms with Crippen LogP contribution < -0.4 is 15.8 Å². The Morgan fingerprint density at radius 3 is 2.69 bits per heavy atom. The summed E-state index contributed by atoms with van der Waals surface area (Å²) < 4.78 is 37.5. The van der Waals surface area contributed by atoms with E-state index in [0.29, 0.717) is 17.2 Å². The number of nitrogens with two attached hydrogens (primary N) is 1. The van der Waals surface area contributed by atoms with E-state index in [4.69, 9.17) is 10.5 Å². The fourth-order valence-corrected chi connectivity index (χ4v) is 3.76. The number of benzene rings is 1. The van der Waals surface area contributed by atoms with Crippen LogP contribution in [0, 0.1) is 11.6 Å². The summed E-state index contributed by atoms with van der Waals surface area (Å²) in [5.74, 6) is -2.25. The van der Waals surface area contributed by atoms with Crippen LogP contribution in [0.15, 0.2) is 24.4 Å². The lowest BCUT2D eigenvalue weighted by Crippen LogP contribution is -2.22. The molecule has 154 valence electrons. The van der Waals surface area contributed by atoms with Crippen LogP contribution in [0.3, 0.4) is 0 Å². The van der Waals surface area contributed by atoms with Gasteiger partial charge in [0.15, 0.2) is 5.69 Å².